The van der Waals surface area contributed by atoms with Crippen molar-refractivity contribution in [3.05, 3.63) is 76.9 Å². The molecule has 0 unspecified atom stereocenters. The molecule has 0 saturated carbocycles. The number of hydrogen-bond acceptors (Lipinski definition) is 4. The van der Waals surface area contributed by atoms with Crippen molar-refractivity contribution in [3.8, 4) is 5.75 Å². The Morgan fingerprint density at radius 2 is 1.96 bits per heavy atom. The molecule has 0 aliphatic rings. The fraction of sp³-hybridized carbons (Fsp3) is 0.318. The molecule has 146 valence electrons. The first-order chi connectivity index (χ1) is 13.5. The van der Waals surface area contributed by atoms with Crippen molar-refractivity contribution < 1.29 is 9.53 Å². The largest absolute Gasteiger partial charge is 0.488 e. The average Bonchev–Trinajstić information content (AvgIpc) is 3.10. The van der Waals surface area contributed by atoms with E-state index in [0.717, 1.165) is 35.3 Å². The van der Waals surface area contributed by atoms with Crippen molar-refractivity contribution in [1.29, 1.82) is 0 Å². The van der Waals surface area contributed by atoms with Gasteiger partial charge >= 0.3 is 0 Å². The first kappa shape index (κ1) is 19.6. The van der Waals surface area contributed by atoms with Crippen LogP contribution in [0.4, 0.5) is 0 Å². The third-order valence-electron chi connectivity index (χ3n) is 4.51. The van der Waals surface area contributed by atoms with E-state index in [2.05, 4.69) is 15.4 Å². The molecule has 0 fully saturated rings. The second-order valence-corrected chi connectivity index (χ2v) is 6.97. The maximum Gasteiger partial charge on any atom is 0.251 e. The molecule has 0 radical (unpaired) electrons. The molecule has 0 aliphatic heterocycles. The molecule has 0 bridgehead atoms. The summed E-state index contributed by atoms with van der Waals surface area (Å²) in [4.78, 5) is 16.6. The average molecular weight is 378 g/mol. The molecule has 6 heteroatoms. The van der Waals surface area contributed by atoms with Crippen LogP contribution in [0.3, 0.4) is 0 Å². The zero-order chi connectivity index (χ0) is 19.9. The minimum Gasteiger partial charge on any atom is -0.488 e. The Balaban J connectivity index is 1.54. The van der Waals surface area contributed by atoms with Crippen LogP contribution >= 0.6 is 0 Å². The molecule has 3 rings (SSSR count). The second kappa shape index (κ2) is 9.17. The Labute approximate surface area is 165 Å². The molecule has 0 saturated heterocycles. The minimum atomic E-state index is -0.0591. The van der Waals surface area contributed by atoms with E-state index in [4.69, 9.17) is 4.74 Å². The number of rotatable bonds is 8. The molecule has 2 heterocycles. The number of benzene rings is 1. The molecule has 0 atom stereocenters. The summed E-state index contributed by atoms with van der Waals surface area (Å²) < 4.78 is 7.75. The monoisotopic (exact) mass is 378 g/mol. The van der Waals surface area contributed by atoms with Crippen LogP contribution in [0.25, 0.3) is 0 Å². The van der Waals surface area contributed by atoms with Crippen molar-refractivity contribution in [2.45, 2.75) is 33.3 Å². The van der Waals surface area contributed by atoms with Crippen LogP contribution in [0, 0.1) is 13.8 Å². The van der Waals surface area contributed by atoms with Gasteiger partial charge in [0, 0.05) is 43.3 Å². The van der Waals surface area contributed by atoms with Crippen LogP contribution < -0.4 is 10.1 Å². The van der Waals surface area contributed by atoms with Gasteiger partial charge in [-0.1, -0.05) is 6.07 Å². The first-order valence-corrected chi connectivity index (χ1v) is 9.41. The van der Waals surface area contributed by atoms with Crippen molar-refractivity contribution in [2.24, 2.45) is 7.05 Å². The number of hydrogen-bond donors (Lipinski definition) is 1. The first-order valence-electron chi connectivity index (χ1n) is 9.41. The predicted molar refractivity (Wildman–Crippen MR) is 108 cm³/mol. The van der Waals surface area contributed by atoms with Gasteiger partial charge in [0.05, 0.1) is 6.20 Å². The lowest BCUT2D eigenvalue weighted by molar-refractivity contribution is 0.0953. The number of aryl methyl sites for hydroxylation is 4. The topological polar surface area (TPSA) is 69.0 Å². The number of carbonyl (C=O) groups is 1. The zero-order valence-electron chi connectivity index (χ0n) is 16.6. The summed E-state index contributed by atoms with van der Waals surface area (Å²) in [7, 11) is 1.90. The summed E-state index contributed by atoms with van der Waals surface area (Å²) in [5, 5.41) is 7.15. The van der Waals surface area contributed by atoms with Crippen LogP contribution in [0.2, 0.25) is 0 Å². The van der Waals surface area contributed by atoms with E-state index in [0.29, 0.717) is 18.7 Å². The Kier molecular flexibility index (Phi) is 6.42. The number of nitrogens with zero attached hydrogens (tertiary/aromatic N) is 3. The van der Waals surface area contributed by atoms with Gasteiger partial charge in [-0.05, 0) is 61.6 Å². The quantitative estimate of drug-likeness (QED) is 0.610. The van der Waals surface area contributed by atoms with E-state index in [1.807, 2.05) is 57.6 Å². The van der Waals surface area contributed by atoms with Crippen LogP contribution in [0.5, 0.6) is 5.75 Å². The van der Waals surface area contributed by atoms with Crippen LogP contribution in [0.1, 0.15) is 39.0 Å². The van der Waals surface area contributed by atoms with Crippen molar-refractivity contribution in [3.63, 3.8) is 0 Å². The molecule has 0 spiro atoms. The Hall–Kier alpha value is -3.15. The second-order valence-electron chi connectivity index (χ2n) is 6.97. The van der Waals surface area contributed by atoms with E-state index in [1.54, 1.807) is 17.1 Å². The third kappa shape index (κ3) is 5.19. The zero-order valence-corrected chi connectivity index (χ0v) is 16.6. The van der Waals surface area contributed by atoms with Gasteiger partial charge in [-0.25, -0.2) is 0 Å². The molecular weight excluding hydrogens is 352 g/mol. The van der Waals surface area contributed by atoms with E-state index in [1.165, 1.54) is 5.56 Å². The van der Waals surface area contributed by atoms with Gasteiger partial charge in [-0.3, -0.25) is 14.5 Å². The predicted octanol–water partition coefficient (Wildman–Crippen LogP) is 3.37. The summed E-state index contributed by atoms with van der Waals surface area (Å²) in [6.45, 7) is 5.01. The number of nitrogens with one attached hydrogen (secondary N) is 1. The van der Waals surface area contributed by atoms with Gasteiger partial charge in [0.15, 0.2) is 0 Å². The van der Waals surface area contributed by atoms with Gasteiger partial charge in [-0.2, -0.15) is 5.10 Å². The maximum atomic E-state index is 12.5. The van der Waals surface area contributed by atoms with E-state index in [9.17, 15) is 4.79 Å². The van der Waals surface area contributed by atoms with Gasteiger partial charge < -0.3 is 10.1 Å². The fourth-order valence-electron chi connectivity index (χ4n) is 3.15. The molecule has 1 amide bonds. The lowest BCUT2D eigenvalue weighted by Crippen LogP contribution is -2.25. The molecular formula is C22H26N4O2. The van der Waals surface area contributed by atoms with Gasteiger partial charge in [-0.15, -0.1) is 0 Å². The minimum absolute atomic E-state index is 0.0591. The third-order valence-corrected chi connectivity index (χ3v) is 4.51. The number of pyridine rings is 1. The number of amides is 1. The normalized spacial score (nSPS) is 10.7. The molecule has 6 nitrogen and oxygen atoms in total. The molecule has 3 aromatic rings. The lowest BCUT2D eigenvalue weighted by Gasteiger charge is -2.14. The highest BCUT2D eigenvalue weighted by Crippen LogP contribution is 2.25. The highest BCUT2D eigenvalue weighted by molar-refractivity contribution is 5.94. The summed E-state index contributed by atoms with van der Waals surface area (Å²) in [5.41, 5.74) is 4.74. The van der Waals surface area contributed by atoms with Crippen molar-refractivity contribution in [2.75, 3.05) is 6.54 Å². The number of ether oxygens (including phenoxy) is 1. The van der Waals surface area contributed by atoms with Gasteiger partial charge in [0.2, 0.25) is 0 Å². The van der Waals surface area contributed by atoms with E-state index >= 15 is 0 Å². The van der Waals surface area contributed by atoms with E-state index in [-0.39, 0.29) is 5.91 Å². The summed E-state index contributed by atoms with van der Waals surface area (Å²) in [6, 6.07) is 7.62. The van der Waals surface area contributed by atoms with Crippen LogP contribution in [-0.2, 0) is 20.1 Å². The van der Waals surface area contributed by atoms with Gasteiger partial charge in [0.1, 0.15) is 12.4 Å². The Morgan fingerprint density at radius 3 is 2.61 bits per heavy atom. The van der Waals surface area contributed by atoms with E-state index < -0.39 is 0 Å². The molecule has 1 aromatic carbocycles. The highest BCUT2D eigenvalue weighted by Gasteiger charge is 2.12. The standard InChI is InChI=1S/C22H26N4O2/c1-16-10-20(22(27)24-9-5-6-18-13-25-26(3)14-18)11-17(2)21(16)28-15-19-7-4-8-23-12-19/h4,7-8,10-14H,5-6,9,15H2,1-3H3,(H,24,27). The smallest absolute Gasteiger partial charge is 0.251 e. The number of aromatic nitrogens is 3. The molecule has 2 aromatic heterocycles. The van der Waals surface area contributed by atoms with Crippen molar-refractivity contribution in [1.82, 2.24) is 20.1 Å². The SMILES string of the molecule is Cc1cc(C(=O)NCCCc2cnn(C)c2)cc(C)c1OCc1cccnc1. The van der Waals surface area contributed by atoms with Gasteiger partial charge in [0.25, 0.3) is 5.91 Å². The Bertz CT molecular complexity index is 912. The summed E-state index contributed by atoms with van der Waals surface area (Å²) >= 11 is 0. The molecule has 0 aliphatic carbocycles. The highest BCUT2D eigenvalue weighted by atomic mass is 16.5. The Morgan fingerprint density at radius 1 is 1.18 bits per heavy atom. The summed E-state index contributed by atoms with van der Waals surface area (Å²) in [5.74, 6) is 0.758. The lowest BCUT2D eigenvalue weighted by atomic mass is 10.0. The number of carbonyl (C=O) groups excluding carboxylic acids is 1. The van der Waals surface area contributed by atoms with Crippen LogP contribution in [-0.4, -0.2) is 27.2 Å². The fourth-order valence-corrected chi connectivity index (χ4v) is 3.15. The molecule has 1 N–H and O–H groups in total. The van der Waals surface area contributed by atoms with Crippen molar-refractivity contribution >= 4 is 5.91 Å². The molecule has 28 heavy (non-hydrogen) atoms. The summed E-state index contributed by atoms with van der Waals surface area (Å²) in [6.07, 6.45) is 9.16. The van der Waals surface area contributed by atoms with Crippen LogP contribution in [0.15, 0.2) is 49.1 Å². The maximum absolute atomic E-state index is 12.5.